The van der Waals surface area contributed by atoms with E-state index in [0.717, 1.165) is 41.9 Å². The molecule has 1 unspecified atom stereocenters. The fraction of sp³-hybridized carbons (Fsp3) is 0.429. The van der Waals surface area contributed by atoms with Gasteiger partial charge in [0.05, 0.1) is 5.92 Å². The van der Waals surface area contributed by atoms with Crippen LogP contribution in [0.15, 0.2) is 40.8 Å². The minimum absolute atomic E-state index is 0.0644. The molecular weight excluding hydrogens is 300 g/mol. The van der Waals surface area contributed by atoms with E-state index in [0.29, 0.717) is 0 Å². The molecule has 1 aromatic carbocycles. The number of ketones is 2. The van der Waals surface area contributed by atoms with Crippen molar-refractivity contribution in [3.8, 4) is 11.3 Å². The van der Waals surface area contributed by atoms with E-state index in [4.69, 9.17) is 4.42 Å². The van der Waals surface area contributed by atoms with Gasteiger partial charge in [-0.3, -0.25) is 9.59 Å². The molecule has 0 fully saturated rings. The van der Waals surface area contributed by atoms with Crippen molar-refractivity contribution in [3.05, 3.63) is 47.7 Å². The van der Waals surface area contributed by atoms with Gasteiger partial charge in [0.1, 0.15) is 23.1 Å². The second kappa shape index (κ2) is 8.09. The van der Waals surface area contributed by atoms with E-state index in [1.165, 1.54) is 13.8 Å². The maximum absolute atomic E-state index is 12.1. The van der Waals surface area contributed by atoms with Gasteiger partial charge in [0, 0.05) is 11.5 Å². The smallest absolute Gasteiger partial charge is 0.140 e. The predicted molar refractivity (Wildman–Crippen MR) is 96.0 cm³/mol. The number of hydrogen-bond donors (Lipinski definition) is 0. The third-order valence-corrected chi connectivity index (χ3v) is 4.56. The monoisotopic (exact) mass is 326 g/mol. The van der Waals surface area contributed by atoms with Crippen LogP contribution in [0.3, 0.4) is 0 Å². The average molecular weight is 326 g/mol. The normalized spacial score (nSPS) is 12.4. The molecule has 3 nitrogen and oxygen atoms in total. The molecule has 128 valence electrons. The number of carbonyl (C=O) groups is 2. The van der Waals surface area contributed by atoms with Crippen LogP contribution in [0.4, 0.5) is 0 Å². The van der Waals surface area contributed by atoms with E-state index in [-0.39, 0.29) is 17.5 Å². The lowest BCUT2D eigenvalue weighted by Crippen LogP contribution is -2.27. The van der Waals surface area contributed by atoms with Gasteiger partial charge >= 0.3 is 0 Å². The molecule has 24 heavy (non-hydrogen) atoms. The Bertz CT molecular complexity index is 683. The Labute approximate surface area is 144 Å². The molecule has 0 radical (unpaired) electrons. The topological polar surface area (TPSA) is 47.3 Å². The quantitative estimate of drug-likeness (QED) is 0.617. The number of furan rings is 1. The minimum Gasteiger partial charge on any atom is -0.461 e. The first-order valence-electron chi connectivity index (χ1n) is 8.62. The molecule has 1 aromatic heterocycles. The van der Waals surface area contributed by atoms with Gasteiger partial charge in [-0.2, -0.15) is 0 Å². The van der Waals surface area contributed by atoms with E-state index in [2.05, 4.69) is 6.92 Å². The number of rotatable bonds is 8. The van der Waals surface area contributed by atoms with Gasteiger partial charge in [0.15, 0.2) is 0 Å². The van der Waals surface area contributed by atoms with Crippen molar-refractivity contribution < 1.29 is 14.0 Å². The minimum atomic E-state index is -0.587. The Morgan fingerprint density at radius 2 is 1.71 bits per heavy atom. The van der Waals surface area contributed by atoms with E-state index < -0.39 is 5.92 Å². The zero-order chi connectivity index (χ0) is 17.7. The summed E-state index contributed by atoms with van der Waals surface area (Å²) < 4.78 is 5.95. The van der Waals surface area contributed by atoms with Crippen LogP contribution in [-0.4, -0.2) is 11.6 Å². The summed E-state index contributed by atoms with van der Waals surface area (Å²) in [6.07, 6.45) is 2.82. The van der Waals surface area contributed by atoms with Gasteiger partial charge in [-0.1, -0.05) is 50.1 Å². The van der Waals surface area contributed by atoms with E-state index in [9.17, 15) is 9.59 Å². The highest BCUT2D eigenvalue weighted by atomic mass is 16.3. The van der Waals surface area contributed by atoms with Crippen molar-refractivity contribution in [2.24, 2.45) is 5.92 Å². The van der Waals surface area contributed by atoms with Crippen LogP contribution in [0.2, 0.25) is 0 Å². The number of carbonyl (C=O) groups excluding carboxylic acids is 2. The summed E-state index contributed by atoms with van der Waals surface area (Å²) in [4.78, 5) is 24.2. The SMILES string of the molecule is CCCCC(c1cc(-c2ccccc2)oc1C)C(C(C)=O)C(C)=O. The van der Waals surface area contributed by atoms with Crippen LogP contribution in [-0.2, 0) is 9.59 Å². The Morgan fingerprint density at radius 1 is 1.08 bits per heavy atom. The first kappa shape index (κ1) is 18.2. The molecule has 1 heterocycles. The molecule has 0 aliphatic carbocycles. The molecule has 0 amide bonds. The second-order valence-corrected chi connectivity index (χ2v) is 6.44. The molecule has 0 aliphatic rings. The number of Topliss-reactive ketones (excluding diaryl/α,β-unsaturated/α-hetero) is 2. The average Bonchev–Trinajstić information content (AvgIpc) is 2.93. The standard InChI is InChI=1S/C21H26O3/c1-5-6-12-18(21(14(2)22)15(3)23)19-13-20(24-16(19)4)17-10-8-7-9-11-17/h7-11,13,18,21H,5-6,12H2,1-4H3. The highest BCUT2D eigenvalue weighted by Crippen LogP contribution is 2.37. The summed E-state index contributed by atoms with van der Waals surface area (Å²) in [6, 6.07) is 11.9. The summed E-state index contributed by atoms with van der Waals surface area (Å²) >= 11 is 0. The molecule has 0 saturated heterocycles. The summed E-state index contributed by atoms with van der Waals surface area (Å²) in [7, 11) is 0. The fourth-order valence-electron chi connectivity index (χ4n) is 3.39. The van der Waals surface area contributed by atoms with Gasteiger partial charge in [-0.05, 0) is 38.8 Å². The summed E-state index contributed by atoms with van der Waals surface area (Å²) in [5.41, 5.74) is 1.99. The largest absolute Gasteiger partial charge is 0.461 e. The lowest BCUT2D eigenvalue weighted by molar-refractivity contribution is -0.131. The highest BCUT2D eigenvalue weighted by molar-refractivity contribution is 6.01. The van der Waals surface area contributed by atoms with Gasteiger partial charge < -0.3 is 4.42 Å². The highest BCUT2D eigenvalue weighted by Gasteiger charge is 2.33. The van der Waals surface area contributed by atoms with E-state index in [1.807, 2.05) is 43.3 Å². The van der Waals surface area contributed by atoms with E-state index in [1.54, 1.807) is 0 Å². The summed E-state index contributed by atoms with van der Waals surface area (Å²) in [5.74, 6) is 0.756. The van der Waals surface area contributed by atoms with E-state index >= 15 is 0 Å². The van der Waals surface area contributed by atoms with Gasteiger partial charge in [0.25, 0.3) is 0 Å². The van der Waals surface area contributed by atoms with Crippen LogP contribution in [0.25, 0.3) is 11.3 Å². The molecule has 0 spiro atoms. The Hall–Kier alpha value is -2.16. The molecule has 2 aromatic rings. The van der Waals surface area contributed by atoms with Gasteiger partial charge in [-0.25, -0.2) is 0 Å². The fourth-order valence-corrected chi connectivity index (χ4v) is 3.39. The molecule has 2 rings (SSSR count). The van der Waals surface area contributed by atoms with Crippen LogP contribution in [0, 0.1) is 12.8 Å². The number of hydrogen-bond acceptors (Lipinski definition) is 3. The number of benzene rings is 1. The third kappa shape index (κ3) is 4.02. The summed E-state index contributed by atoms with van der Waals surface area (Å²) in [6.45, 7) is 7.06. The molecule has 0 saturated carbocycles. The van der Waals surface area contributed by atoms with Crippen LogP contribution in [0.1, 0.15) is 57.3 Å². The molecule has 1 atom stereocenters. The first-order valence-corrected chi connectivity index (χ1v) is 8.62. The number of unbranched alkanes of at least 4 members (excludes halogenated alkanes) is 1. The van der Waals surface area contributed by atoms with Crippen molar-refractivity contribution in [1.29, 1.82) is 0 Å². The molecular formula is C21H26O3. The Balaban J connectivity index is 2.44. The second-order valence-electron chi connectivity index (χ2n) is 6.44. The molecule has 0 N–H and O–H groups in total. The zero-order valence-electron chi connectivity index (χ0n) is 15.0. The van der Waals surface area contributed by atoms with Crippen molar-refractivity contribution in [2.75, 3.05) is 0 Å². The molecule has 0 bridgehead atoms. The number of aryl methyl sites for hydroxylation is 1. The molecule has 3 heteroatoms. The van der Waals surface area contributed by atoms with Crippen LogP contribution in [0.5, 0.6) is 0 Å². The maximum Gasteiger partial charge on any atom is 0.140 e. The summed E-state index contributed by atoms with van der Waals surface area (Å²) in [5, 5.41) is 0. The van der Waals surface area contributed by atoms with Crippen molar-refractivity contribution in [1.82, 2.24) is 0 Å². The first-order chi connectivity index (χ1) is 11.5. The Morgan fingerprint density at radius 3 is 2.25 bits per heavy atom. The molecule has 0 aliphatic heterocycles. The van der Waals surface area contributed by atoms with Crippen molar-refractivity contribution >= 4 is 11.6 Å². The van der Waals surface area contributed by atoms with Crippen molar-refractivity contribution in [2.45, 2.75) is 52.9 Å². The van der Waals surface area contributed by atoms with Gasteiger partial charge in [-0.15, -0.1) is 0 Å². The third-order valence-electron chi connectivity index (χ3n) is 4.56. The Kier molecular flexibility index (Phi) is 6.13. The predicted octanol–water partition coefficient (Wildman–Crippen LogP) is 5.32. The van der Waals surface area contributed by atoms with Crippen LogP contribution >= 0.6 is 0 Å². The zero-order valence-corrected chi connectivity index (χ0v) is 15.0. The lowest BCUT2D eigenvalue weighted by Gasteiger charge is -2.23. The van der Waals surface area contributed by atoms with Crippen LogP contribution < -0.4 is 0 Å². The maximum atomic E-state index is 12.1. The lowest BCUT2D eigenvalue weighted by atomic mass is 9.78. The van der Waals surface area contributed by atoms with Crippen molar-refractivity contribution in [3.63, 3.8) is 0 Å². The van der Waals surface area contributed by atoms with Gasteiger partial charge in [0.2, 0.25) is 0 Å².